The van der Waals surface area contributed by atoms with Crippen molar-refractivity contribution in [3.63, 3.8) is 0 Å². The third-order valence-electron chi connectivity index (χ3n) is 2.16. The normalized spacial score (nSPS) is 19.8. The molecular weight excluding hydrogens is 158 g/mol. The highest BCUT2D eigenvalue weighted by Crippen LogP contribution is 2.05. The Hall–Kier alpha value is -1.50. The van der Waals surface area contributed by atoms with Crippen LogP contribution in [0.4, 0.5) is 0 Å². The molecule has 2 rings (SSSR count). The summed E-state index contributed by atoms with van der Waals surface area (Å²) in [5, 5.41) is 3.30. The van der Waals surface area contributed by atoms with E-state index in [1.807, 2.05) is 18.3 Å². The maximum atomic E-state index is 3.30. The van der Waals surface area contributed by atoms with Gasteiger partial charge >= 0.3 is 0 Å². The molecule has 0 radical (unpaired) electrons. The number of hydrogen-bond donors (Lipinski definition) is 1. The SMILES string of the molecule is C1=CNC(Cc2ccccc2)C=C1. The first-order valence-corrected chi connectivity index (χ1v) is 4.58. The number of dihydropyridines is 1. The van der Waals surface area contributed by atoms with Crippen LogP contribution in [0.1, 0.15) is 5.56 Å². The maximum Gasteiger partial charge on any atom is 0.0482 e. The Morgan fingerprint density at radius 3 is 2.62 bits per heavy atom. The lowest BCUT2D eigenvalue weighted by Crippen LogP contribution is -2.25. The van der Waals surface area contributed by atoms with Crippen LogP contribution in [0.2, 0.25) is 0 Å². The molecule has 0 aliphatic carbocycles. The second kappa shape index (κ2) is 3.94. The zero-order chi connectivity index (χ0) is 8.93. The highest BCUT2D eigenvalue weighted by molar-refractivity contribution is 5.20. The highest BCUT2D eigenvalue weighted by Gasteiger charge is 2.03. The van der Waals surface area contributed by atoms with Gasteiger partial charge in [-0.05, 0) is 24.3 Å². The molecule has 0 spiro atoms. The molecule has 1 heteroatoms. The van der Waals surface area contributed by atoms with Crippen LogP contribution in [-0.4, -0.2) is 6.04 Å². The van der Waals surface area contributed by atoms with Gasteiger partial charge in [0.15, 0.2) is 0 Å². The van der Waals surface area contributed by atoms with Crippen molar-refractivity contribution in [2.45, 2.75) is 12.5 Å². The summed E-state index contributed by atoms with van der Waals surface area (Å²) < 4.78 is 0. The Morgan fingerprint density at radius 1 is 1.08 bits per heavy atom. The third kappa shape index (κ3) is 2.22. The van der Waals surface area contributed by atoms with Crippen LogP contribution in [0.3, 0.4) is 0 Å². The van der Waals surface area contributed by atoms with E-state index in [4.69, 9.17) is 0 Å². The minimum atomic E-state index is 0.451. The molecule has 1 heterocycles. The lowest BCUT2D eigenvalue weighted by molar-refractivity contribution is 0.689. The zero-order valence-electron chi connectivity index (χ0n) is 7.48. The van der Waals surface area contributed by atoms with E-state index in [1.54, 1.807) is 0 Å². The molecular formula is C12H13N. The highest BCUT2D eigenvalue weighted by atomic mass is 14.9. The summed E-state index contributed by atoms with van der Waals surface area (Å²) in [6, 6.07) is 11.0. The van der Waals surface area contributed by atoms with Crippen molar-refractivity contribution < 1.29 is 0 Å². The van der Waals surface area contributed by atoms with E-state index < -0.39 is 0 Å². The van der Waals surface area contributed by atoms with Crippen molar-refractivity contribution in [3.05, 3.63) is 60.3 Å². The summed E-state index contributed by atoms with van der Waals surface area (Å²) in [7, 11) is 0. The van der Waals surface area contributed by atoms with Crippen molar-refractivity contribution in [1.29, 1.82) is 0 Å². The van der Waals surface area contributed by atoms with Crippen LogP contribution in [0.25, 0.3) is 0 Å². The molecule has 0 fully saturated rings. The standard InChI is InChI=1S/C12H13N/c1-2-6-11(7-3-1)10-12-8-4-5-9-13-12/h1-9,12-13H,10H2. The largest absolute Gasteiger partial charge is 0.384 e. The Labute approximate surface area is 78.8 Å². The second-order valence-corrected chi connectivity index (χ2v) is 3.21. The van der Waals surface area contributed by atoms with E-state index in [9.17, 15) is 0 Å². The minimum Gasteiger partial charge on any atom is -0.384 e. The molecule has 1 unspecified atom stereocenters. The zero-order valence-corrected chi connectivity index (χ0v) is 7.48. The number of hydrogen-bond acceptors (Lipinski definition) is 1. The van der Waals surface area contributed by atoms with Gasteiger partial charge in [-0.15, -0.1) is 0 Å². The average molecular weight is 171 g/mol. The van der Waals surface area contributed by atoms with Crippen LogP contribution in [0, 0.1) is 0 Å². The number of rotatable bonds is 2. The summed E-state index contributed by atoms with van der Waals surface area (Å²) in [5.41, 5.74) is 1.37. The summed E-state index contributed by atoms with van der Waals surface area (Å²) in [6.45, 7) is 0. The summed E-state index contributed by atoms with van der Waals surface area (Å²) in [4.78, 5) is 0. The molecule has 66 valence electrons. The van der Waals surface area contributed by atoms with Crippen LogP contribution in [-0.2, 0) is 6.42 Å². The lowest BCUT2D eigenvalue weighted by Gasteiger charge is -2.15. The van der Waals surface area contributed by atoms with Gasteiger partial charge in [-0.1, -0.05) is 42.5 Å². The fourth-order valence-corrected chi connectivity index (χ4v) is 1.48. The maximum absolute atomic E-state index is 3.30. The average Bonchev–Trinajstić information content (AvgIpc) is 2.21. The second-order valence-electron chi connectivity index (χ2n) is 3.21. The fourth-order valence-electron chi connectivity index (χ4n) is 1.48. The Bertz CT molecular complexity index is 311. The van der Waals surface area contributed by atoms with Crippen LogP contribution < -0.4 is 5.32 Å². The molecule has 1 aromatic rings. The molecule has 0 saturated heterocycles. The van der Waals surface area contributed by atoms with Crippen LogP contribution >= 0.6 is 0 Å². The van der Waals surface area contributed by atoms with E-state index in [0.29, 0.717) is 6.04 Å². The van der Waals surface area contributed by atoms with Gasteiger partial charge in [0.25, 0.3) is 0 Å². The topological polar surface area (TPSA) is 12.0 Å². The molecule has 1 nitrogen and oxygen atoms in total. The first-order chi connectivity index (χ1) is 6.45. The number of nitrogens with one attached hydrogen (secondary N) is 1. The summed E-state index contributed by atoms with van der Waals surface area (Å²) in [5.74, 6) is 0. The molecule has 1 atom stereocenters. The van der Waals surface area contributed by atoms with E-state index in [2.05, 4.69) is 41.7 Å². The predicted molar refractivity (Wildman–Crippen MR) is 55.3 cm³/mol. The first-order valence-electron chi connectivity index (χ1n) is 4.58. The molecule has 0 bridgehead atoms. The molecule has 0 saturated carbocycles. The van der Waals surface area contributed by atoms with Crippen LogP contribution in [0.5, 0.6) is 0 Å². The van der Waals surface area contributed by atoms with E-state index in [0.717, 1.165) is 6.42 Å². The monoisotopic (exact) mass is 171 g/mol. The van der Waals surface area contributed by atoms with Gasteiger partial charge in [-0.25, -0.2) is 0 Å². The van der Waals surface area contributed by atoms with E-state index in [1.165, 1.54) is 5.56 Å². The van der Waals surface area contributed by atoms with Gasteiger partial charge in [0, 0.05) is 6.04 Å². The quantitative estimate of drug-likeness (QED) is 0.719. The smallest absolute Gasteiger partial charge is 0.0482 e. The summed E-state index contributed by atoms with van der Waals surface area (Å²) in [6.07, 6.45) is 9.34. The van der Waals surface area contributed by atoms with Gasteiger partial charge < -0.3 is 5.32 Å². The Balaban J connectivity index is 1.99. The number of allylic oxidation sites excluding steroid dienone is 2. The molecule has 1 aliphatic rings. The molecule has 1 N–H and O–H groups in total. The van der Waals surface area contributed by atoms with Crippen molar-refractivity contribution in [2.24, 2.45) is 0 Å². The molecule has 13 heavy (non-hydrogen) atoms. The van der Waals surface area contributed by atoms with Crippen molar-refractivity contribution in [3.8, 4) is 0 Å². The van der Waals surface area contributed by atoms with Crippen molar-refractivity contribution in [1.82, 2.24) is 5.32 Å². The van der Waals surface area contributed by atoms with E-state index in [-0.39, 0.29) is 0 Å². The van der Waals surface area contributed by atoms with Gasteiger partial charge in [0.05, 0.1) is 0 Å². The molecule has 1 aromatic carbocycles. The minimum absolute atomic E-state index is 0.451. The molecule has 1 aliphatic heterocycles. The van der Waals surface area contributed by atoms with Gasteiger partial charge in [0.2, 0.25) is 0 Å². The summed E-state index contributed by atoms with van der Waals surface area (Å²) >= 11 is 0. The van der Waals surface area contributed by atoms with Gasteiger partial charge in [-0.3, -0.25) is 0 Å². The number of benzene rings is 1. The molecule has 0 amide bonds. The van der Waals surface area contributed by atoms with Gasteiger partial charge in [-0.2, -0.15) is 0 Å². The third-order valence-corrected chi connectivity index (χ3v) is 2.16. The first kappa shape index (κ1) is 8.11. The fraction of sp³-hybridized carbons (Fsp3) is 0.167. The Morgan fingerprint density at radius 2 is 1.92 bits per heavy atom. The Kier molecular flexibility index (Phi) is 2.46. The lowest BCUT2D eigenvalue weighted by atomic mass is 10.0. The predicted octanol–water partition coefficient (Wildman–Crippen LogP) is 2.27. The van der Waals surface area contributed by atoms with Crippen molar-refractivity contribution >= 4 is 0 Å². The van der Waals surface area contributed by atoms with Crippen LogP contribution in [0.15, 0.2) is 54.8 Å². The van der Waals surface area contributed by atoms with Gasteiger partial charge in [0.1, 0.15) is 0 Å². The van der Waals surface area contributed by atoms with Crippen molar-refractivity contribution in [2.75, 3.05) is 0 Å². The molecule has 0 aromatic heterocycles. The van der Waals surface area contributed by atoms with E-state index >= 15 is 0 Å².